The smallest absolute Gasteiger partial charge is 0.272 e. The Morgan fingerprint density at radius 2 is 2.00 bits per heavy atom. The van der Waals surface area contributed by atoms with Crippen LogP contribution >= 0.6 is 0 Å². The summed E-state index contributed by atoms with van der Waals surface area (Å²) in [5.41, 5.74) is 3.16. The lowest BCUT2D eigenvalue weighted by Gasteiger charge is -2.40. The van der Waals surface area contributed by atoms with Gasteiger partial charge < -0.3 is 10.1 Å². The van der Waals surface area contributed by atoms with Gasteiger partial charge in [0.05, 0.1) is 18.7 Å². The van der Waals surface area contributed by atoms with E-state index in [1.807, 2.05) is 14.0 Å². The summed E-state index contributed by atoms with van der Waals surface area (Å²) in [5.74, 6) is -2.33. The summed E-state index contributed by atoms with van der Waals surface area (Å²) in [5, 5.41) is 7.83. The highest BCUT2D eigenvalue weighted by Gasteiger charge is 2.44. The maximum Gasteiger partial charge on any atom is 0.272 e. The van der Waals surface area contributed by atoms with E-state index in [2.05, 4.69) is 29.3 Å². The molecule has 1 N–H and O–H groups in total. The molecule has 5 nitrogen and oxygen atoms in total. The van der Waals surface area contributed by atoms with Crippen molar-refractivity contribution in [1.82, 2.24) is 20.0 Å². The molecule has 0 amide bonds. The average Bonchev–Trinajstić information content (AvgIpc) is 3.16. The van der Waals surface area contributed by atoms with Crippen LogP contribution in [-0.4, -0.2) is 61.0 Å². The van der Waals surface area contributed by atoms with Gasteiger partial charge in [-0.05, 0) is 64.5 Å². The molecule has 0 atom stereocenters. The van der Waals surface area contributed by atoms with E-state index in [-0.39, 0.29) is 18.4 Å². The van der Waals surface area contributed by atoms with Gasteiger partial charge in [0.2, 0.25) is 0 Å². The zero-order chi connectivity index (χ0) is 21.1. The molecule has 1 fully saturated rings. The highest BCUT2D eigenvalue weighted by molar-refractivity contribution is 5.34. The van der Waals surface area contributed by atoms with Crippen LogP contribution in [-0.2, 0) is 24.2 Å². The summed E-state index contributed by atoms with van der Waals surface area (Å²) in [6.45, 7) is 8.12. The molecule has 3 rings (SSSR count). The van der Waals surface area contributed by atoms with Crippen LogP contribution in [0.1, 0.15) is 68.8 Å². The number of rotatable bonds is 10. The number of likely N-dealkylation sites (N-methyl/N-ethyl adjacent to an activating group) is 2. The van der Waals surface area contributed by atoms with Crippen LogP contribution in [0.2, 0.25) is 0 Å². The monoisotopic (exact) mass is 412 g/mol. The maximum absolute atomic E-state index is 14.1. The molecule has 1 saturated carbocycles. The van der Waals surface area contributed by atoms with E-state index in [4.69, 9.17) is 4.74 Å². The summed E-state index contributed by atoms with van der Waals surface area (Å²) in [7, 11) is 4.02. The van der Waals surface area contributed by atoms with Gasteiger partial charge in [0, 0.05) is 37.5 Å². The minimum Gasteiger partial charge on any atom is -0.381 e. The molecule has 0 unspecified atom stereocenters. The van der Waals surface area contributed by atoms with Gasteiger partial charge in [-0.1, -0.05) is 6.92 Å². The molecule has 7 heteroatoms. The zero-order valence-electron chi connectivity index (χ0n) is 18.6. The van der Waals surface area contributed by atoms with E-state index < -0.39 is 5.92 Å². The Morgan fingerprint density at radius 1 is 1.28 bits per heavy atom. The molecule has 1 aliphatic carbocycles. The fraction of sp³-hybridized carbons (Fsp3) is 0.864. The normalized spacial score (nSPS) is 26.2. The van der Waals surface area contributed by atoms with E-state index in [0.29, 0.717) is 5.92 Å². The van der Waals surface area contributed by atoms with Crippen LogP contribution in [0, 0.1) is 5.41 Å². The molecule has 2 heterocycles. The second-order valence-electron chi connectivity index (χ2n) is 9.10. The van der Waals surface area contributed by atoms with Crippen molar-refractivity contribution in [3.8, 4) is 0 Å². The number of nitrogens with one attached hydrogen (secondary N) is 1. The van der Waals surface area contributed by atoms with E-state index in [1.54, 1.807) is 4.68 Å². The number of halogens is 2. The number of aromatic nitrogens is 2. The van der Waals surface area contributed by atoms with Crippen molar-refractivity contribution in [2.45, 2.75) is 77.3 Å². The van der Waals surface area contributed by atoms with Crippen molar-refractivity contribution in [2.75, 3.05) is 40.4 Å². The molecular formula is C22H38F2N4O. The third kappa shape index (κ3) is 5.17. The minimum atomic E-state index is -2.66. The summed E-state index contributed by atoms with van der Waals surface area (Å²) >= 11 is 0. The van der Waals surface area contributed by atoms with Gasteiger partial charge in [0.15, 0.2) is 0 Å². The van der Waals surface area contributed by atoms with Crippen LogP contribution < -0.4 is 5.32 Å². The van der Waals surface area contributed by atoms with E-state index in [1.165, 1.54) is 0 Å². The van der Waals surface area contributed by atoms with Gasteiger partial charge in [-0.3, -0.25) is 9.58 Å². The number of alkyl halides is 2. The van der Waals surface area contributed by atoms with Gasteiger partial charge in [-0.2, -0.15) is 5.10 Å². The Kier molecular flexibility index (Phi) is 7.33. The molecular weight excluding hydrogens is 374 g/mol. The van der Waals surface area contributed by atoms with Crippen molar-refractivity contribution in [2.24, 2.45) is 5.41 Å². The highest BCUT2D eigenvalue weighted by Crippen LogP contribution is 2.48. The second kappa shape index (κ2) is 9.40. The van der Waals surface area contributed by atoms with Crippen molar-refractivity contribution in [3.63, 3.8) is 0 Å². The highest BCUT2D eigenvalue weighted by atomic mass is 19.3. The summed E-state index contributed by atoms with van der Waals surface area (Å²) in [6, 6.07) is 0. The number of fused-ring (bicyclic) bond motifs is 1. The molecule has 1 aromatic rings. The Morgan fingerprint density at radius 3 is 2.62 bits per heavy atom. The standard InChI is InChI=1S/C22H38F2N4O/c1-5-21(16-29-6-2)9-7-17(8-10-21)20-18(14-27(4)12-11-25-3)26-28-15-22(23,24)13-19(20)28/h17,25H,5-16H2,1-4H3. The van der Waals surface area contributed by atoms with E-state index in [0.717, 1.165) is 81.9 Å². The van der Waals surface area contributed by atoms with Crippen molar-refractivity contribution in [3.05, 3.63) is 17.0 Å². The molecule has 0 bridgehead atoms. The maximum atomic E-state index is 14.1. The molecule has 0 radical (unpaired) electrons. The third-order valence-electron chi connectivity index (χ3n) is 6.96. The summed E-state index contributed by atoms with van der Waals surface area (Å²) in [4.78, 5) is 2.23. The Labute approximate surface area is 174 Å². The van der Waals surface area contributed by atoms with Gasteiger partial charge >= 0.3 is 0 Å². The number of hydrogen-bond donors (Lipinski definition) is 1. The van der Waals surface area contributed by atoms with Crippen LogP contribution in [0.4, 0.5) is 8.78 Å². The minimum absolute atomic E-state index is 0.163. The van der Waals surface area contributed by atoms with E-state index in [9.17, 15) is 8.78 Å². The third-order valence-corrected chi connectivity index (χ3v) is 6.96. The first-order chi connectivity index (χ1) is 13.8. The lowest BCUT2D eigenvalue weighted by atomic mass is 9.67. The molecule has 0 aromatic carbocycles. The van der Waals surface area contributed by atoms with Crippen LogP contribution in [0.5, 0.6) is 0 Å². The van der Waals surface area contributed by atoms with Gasteiger partial charge in [-0.25, -0.2) is 8.78 Å². The topological polar surface area (TPSA) is 42.3 Å². The first kappa shape index (κ1) is 22.6. The first-order valence-electron chi connectivity index (χ1n) is 11.2. The number of hydrogen-bond acceptors (Lipinski definition) is 4. The van der Waals surface area contributed by atoms with Gasteiger partial charge in [0.25, 0.3) is 5.92 Å². The largest absolute Gasteiger partial charge is 0.381 e. The van der Waals surface area contributed by atoms with Crippen molar-refractivity contribution in [1.29, 1.82) is 0 Å². The van der Waals surface area contributed by atoms with Crippen LogP contribution in [0.3, 0.4) is 0 Å². The van der Waals surface area contributed by atoms with Gasteiger partial charge in [-0.15, -0.1) is 0 Å². The molecule has 1 aromatic heterocycles. The second-order valence-corrected chi connectivity index (χ2v) is 9.10. The SMILES string of the molecule is CCOCC1(CC)CCC(c2c(CN(C)CCNC)nn3c2CC(F)(F)C3)CC1. The molecule has 0 spiro atoms. The summed E-state index contributed by atoms with van der Waals surface area (Å²) in [6.07, 6.45) is 5.23. The Hall–Kier alpha value is -1.05. The lowest BCUT2D eigenvalue weighted by molar-refractivity contribution is 0.000504. The lowest BCUT2D eigenvalue weighted by Crippen LogP contribution is -2.32. The fourth-order valence-corrected chi connectivity index (χ4v) is 5.07. The Balaban J connectivity index is 1.79. The number of nitrogens with zero attached hydrogens (tertiary/aromatic N) is 3. The zero-order valence-corrected chi connectivity index (χ0v) is 18.6. The van der Waals surface area contributed by atoms with Gasteiger partial charge in [0.1, 0.15) is 6.54 Å². The quantitative estimate of drug-likeness (QED) is 0.635. The molecule has 2 aliphatic rings. The van der Waals surface area contributed by atoms with Crippen molar-refractivity contribution >= 4 is 0 Å². The average molecular weight is 413 g/mol. The Bertz CT molecular complexity index is 668. The summed E-state index contributed by atoms with van der Waals surface area (Å²) < 4.78 is 35.6. The first-order valence-corrected chi connectivity index (χ1v) is 11.2. The molecule has 0 saturated heterocycles. The predicted molar refractivity (Wildman–Crippen MR) is 112 cm³/mol. The fourth-order valence-electron chi connectivity index (χ4n) is 5.07. The molecule has 166 valence electrons. The predicted octanol–water partition coefficient (Wildman–Crippen LogP) is 3.82. The van der Waals surface area contributed by atoms with Crippen LogP contribution in [0.15, 0.2) is 0 Å². The van der Waals surface area contributed by atoms with E-state index >= 15 is 0 Å². The number of ether oxygens (including phenoxy) is 1. The van der Waals surface area contributed by atoms with Crippen molar-refractivity contribution < 1.29 is 13.5 Å². The molecule has 29 heavy (non-hydrogen) atoms. The molecule has 1 aliphatic heterocycles. The van der Waals surface area contributed by atoms with Crippen LogP contribution in [0.25, 0.3) is 0 Å².